The van der Waals surface area contributed by atoms with Crippen molar-refractivity contribution in [2.75, 3.05) is 14.2 Å². The lowest BCUT2D eigenvalue weighted by Crippen LogP contribution is -2.26. The number of hydrogen-bond donors (Lipinski definition) is 0. The zero-order chi connectivity index (χ0) is 19.4. The first kappa shape index (κ1) is 19.1. The minimum absolute atomic E-state index is 0.170. The number of halogens is 1. The summed E-state index contributed by atoms with van der Waals surface area (Å²) in [7, 11) is 3.06. The predicted molar refractivity (Wildman–Crippen MR) is 106 cm³/mol. The molecule has 0 aliphatic carbocycles. The number of carbonyl (C=O) groups excluding carboxylic acids is 2. The van der Waals surface area contributed by atoms with Crippen molar-refractivity contribution in [1.29, 1.82) is 0 Å². The number of methoxy groups -OCH3 is 1. The van der Waals surface area contributed by atoms with Crippen LogP contribution in [0.1, 0.15) is 26.4 Å². The van der Waals surface area contributed by atoms with E-state index in [-0.39, 0.29) is 11.9 Å². The summed E-state index contributed by atoms with van der Waals surface area (Å²) in [4.78, 5) is 30.2. The molecule has 0 bridgehead atoms. The highest BCUT2D eigenvalue weighted by Crippen LogP contribution is 2.26. The molecule has 5 nitrogen and oxygen atoms in total. The summed E-state index contributed by atoms with van der Waals surface area (Å²) in [6.07, 6.45) is 0. The number of thiazole rings is 1. The Balaban J connectivity index is 1.69. The average molecular weight is 401 g/mol. The lowest BCUT2D eigenvalue weighted by Gasteiger charge is -2.16. The first-order valence-corrected chi connectivity index (χ1v) is 9.38. The molecule has 1 amide bonds. The van der Waals surface area contributed by atoms with E-state index in [2.05, 4.69) is 9.72 Å². The molecule has 7 heteroatoms. The van der Waals surface area contributed by atoms with E-state index in [1.54, 1.807) is 47.7 Å². The Morgan fingerprint density at radius 1 is 1.19 bits per heavy atom. The number of aromatic nitrogens is 1. The fourth-order valence-corrected chi connectivity index (χ4v) is 3.51. The fraction of sp³-hybridized carbons (Fsp3) is 0.150. The van der Waals surface area contributed by atoms with Crippen molar-refractivity contribution < 1.29 is 14.3 Å². The van der Waals surface area contributed by atoms with Gasteiger partial charge >= 0.3 is 5.97 Å². The Bertz CT molecular complexity index is 969. The Morgan fingerprint density at radius 3 is 2.59 bits per heavy atom. The smallest absolute Gasteiger partial charge is 0.337 e. The lowest BCUT2D eigenvalue weighted by atomic mass is 10.1. The van der Waals surface area contributed by atoms with Gasteiger partial charge in [0.1, 0.15) is 10.7 Å². The van der Waals surface area contributed by atoms with Crippen molar-refractivity contribution in [3.8, 4) is 10.6 Å². The van der Waals surface area contributed by atoms with Crippen LogP contribution in [0.15, 0.2) is 53.9 Å². The Labute approximate surface area is 166 Å². The van der Waals surface area contributed by atoms with Gasteiger partial charge in [0.05, 0.1) is 12.7 Å². The maximum absolute atomic E-state index is 12.7. The molecule has 3 aromatic rings. The molecule has 0 unspecified atom stereocenters. The van der Waals surface area contributed by atoms with E-state index in [9.17, 15) is 9.59 Å². The molecule has 0 saturated heterocycles. The van der Waals surface area contributed by atoms with Gasteiger partial charge in [-0.3, -0.25) is 4.79 Å². The minimum Gasteiger partial charge on any atom is -0.465 e. The molecule has 1 heterocycles. The maximum Gasteiger partial charge on any atom is 0.337 e. The van der Waals surface area contributed by atoms with E-state index in [0.717, 1.165) is 16.1 Å². The quantitative estimate of drug-likeness (QED) is 0.591. The van der Waals surface area contributed by atoms with Crippen LogP contribution in [0.5, 0.6) is 0 Å². The summed E-state index contributed by atoms with van der Waals surface area (Å²) in [5, 5.41) is 3.12. The Kier molecular flexibility index (Phi) is 5.88. The first-order valence-electron chi connectivity index (χ1n) is 8.12. The van der Waals surface area contributed by atoms with Gasteiger partial charge in [0.15, 0.2) is 0 Å². The summed E-state index contributed by atoms with van der Waals surface area (Å²) in [5.41, 5.74) is 2.65. The van der Waals surface area contributed by atoms with E-state index < -0.39 is 0 Å². The van der Waals surface area contributed by atoms with E-state index in [1.165, 1.54) is 18.4 Å². The van der Waals surface area contributed by atoms with Crippen LogP contribution in [0.4, 0.5) is 0 Å². The van der Waals surface area contributed by atoms with Crippen molar-refractivity contribution in [1.82, 2.24) is 9.88 Å². The van der Waals surface area contributed by atoms with Crippen LogP contribution in [-0.2, 0) is 11.3 Å². The number of esters is 1. The van der Waals surface area contributed by atoms with Crippen LogP contribution < -0.4 is 0 Å². The SMILES string of the molecule is COC(=O)c1ccc(CN(C)C(=O)c2csc(-c3cccc(Cl)c3)n2)cc1. The van der Waals surface area contributed by atoms with Crippen LogP contribution >= 0.6 is 22.9 Å². The number of ether oxygens (including phenoxy) is 1. The van der Waals surface area contributed by atoms with Crippen LogP contribution in [0.25, 0.3) is 10.6 Å². The van der Waals surface area contributed by atoms with Crippen molar-refractivity contribution in [2.24, 2.45) is 0 Å². The minimum atomic E-state index is -0.387. The molecule has 0 fully saturated rings. The lowest BCUT2D eigenvalue weighted by molar-refractivity contribution is 0.0600. The van der Waals surface area contributed by atoms with E-state index in [0.29, 0.717) is 22.8 Å². The van der Waals surface area contributed by atoms with Gasteiger partial charge in [-0.25, -0.2) is 9.78 Å². The molecule has 0 aliphatic heterocycles. The van der Waals surface area contributed by atoms with E-state index in [4.69, 9.17) is 11.6 Å². The first-order chi connectivity index (χ1) is 13.0. The molecule has 0 atom stereocenters. The number of nitrogens with zero attached hydrogens (tertiary/aromatic N) is 2. The number of rotatable bonds is 5. The molecule has 2 aromatic carbocycles. The van der Waals surface area contributed by atoms with Gasteiger partial charge in [0, 0.05) is 29.6 Å². The van der Waals surface area contributed by atoms with Gasteiger partial charge in [-0.1, -0.05) is 35.9 Å². The highest BCUT2D eigenvalue weighted by molar-refractivity contribution is 7.13. The number of carbonyl (C=O) groups is 2. The van der Waals surface area contributed by atoms with Crippen molar-refractivity contribution in [3.63, 3.8) is 0 Å². The monoisotopic (exact) mass is 400 g/mol. The van der Waals surface area contributed by atoms with Gasteiger partial charge in [-0.05, 0) is 29.8 Å². The topological polar surface area (TPSA) is 59.5 Å². The fourth-order valence-electron chi connectivity index (χ4n) is 2.53. The molecular weight excluding hydrogens is 384 g/mol. The van der Waals surface area contributed by atoms with Crippen molar-refractivity contribution in [2.45, 2.75) is 6.54 Å². The maximum atomic E-state index is 12.7. The van der Waals surface area contributed by atoms with E-state index >= 15 is 0 Å². The highest BCUT2D eigenvalue weighted by Gasteiger charge is 2.17. The van der Waals surface area contributed by atoms with Crippen molar-refractivity contribution in [3.05, 3.63) is 75.8 Å². The molecular formula is C20H17ClN2O3S. The number of amides is 1. The zero-order valence-corrected chi connectivity index (χ0v) is 16.4. The van der Waals surface area contributed by atoms with Crippen LogP contribution in [0.3, 0.4) is 0 Å². The average Bonchev–Trinajstić information content (AvgIpc) is 3.17. The third kappa shape index (κ3) is 4.53. The molecule has 138 valence electrons. The molecule has 27 heavy (non-hydrogen) atoms. The summed E-state index contributed by atoms with van der Waals surface area (Å²) in [5.74, 6) is -0.557. The number of benzene rings is 2. The molecule has 0 saturated carbocycles. The van der Waals surface area contributed by atoms with Crippen molar-refractivity contribution >= 4 is 34.8 Å². The third-order valence-corrected chi connectivity index (χ3v) is 5.06. The van der Waals surface area contributed by atoms with Gasteiger partial charge in [-0.2, -0.15) is 0 Å². The predicted octanol–water partition coefficient (Wildman–Crippen LogP) is 4.52. The second-order valence-corrected chi connectivity index (χ2v) is 7.19. The standard InChI is InChI=1S/C20H17ClN2O3S/c1-23(11-13-6-8-14(9-7-13)20(25)26-2)19(24)17-12-27-18(22-17)15-4-3-5-16(21)10-15/h3-10,12H,11H2,1-2H3. The van der Waals surface area contributed by atoms with E-state index in [1.807, 2.05) is 18.2 Å². The second-order valence-electron chi connectivity index (χ2n) is 5.90. The zero-order valence-electron chi connectivity index (χ0n) is 14.8. The van der Waals surface area contributed by atoms with Gasteiger partial charge < -0.3 is 9.64 Å². The molecule has 3 rings (SSSR count). The highest BCUT2D eigenvalue weighted by atomic mass is 35.5. The third-order valence-electron chi connectivity index (χ3n) is 3.94. The molecule has 0 spiro atoms. The van der Waals surface area contributed by atoms with Gasteiger partial charge in [0.25, 0.3) is 5.91 Å². The molecule has 0 aliphatic rings. The normalized spacial score (nSPS) is 10.5. The van der Waals surface area contributed by atoms with Crippen LogP contribution in [0, 0.1) is 0 Å². The summed E-state index contributed by atoms with van der Waals surface area (Å²) in [6.45, 7) is 0.407. The summed E-state index contributed by atoms with van der Waals surface area (Å²) in [6, 6.07) is 14.3. The largest absolute Gasteiger partial charge is 0.465 e. The van der Waals surface area contributed by atoms with Gasteiger partial charge in [0.2, 0.25) is 0 Å². The van der Waals surface area contributed by atoms with Crippen LogP contribution in [0.2, 0.25) is 5.02 Å². The molecule has 1 aromatic heterocycles. The van der Waals surface area contributed by atoms with Crippen LogP contribution in [-0.4, -0.2) is 35.9 Å². The second kappa shape index (κ2) is 8.33. The Hall–Kier alpha value is -2.70. The summed E-state index contributed by atoms with van der Waals surface area (Å²) < 4.78 is 4.68. The number of hydrogen-bond acceptors (Lipinski definition) is 5. The Morgan fingerprint density at radius 2 is 1.93 bits per heavy atom. The van der Waals surface area contributed by atoms with Gasteiger partial charge in [-0.15, -0.1) is 11.3 Å². The molecule has 0 radical (unpaired) electrons. The summed E-state index contributed by atoms with van der Waals surface area (Å²) >= 11 is 7.42. The molecule has 0 N–H and O–H groups in total.